The Morgan fingerprint density at radius 1 is 1.58 bits per heavy atom. The van der Waals surface area contributed by atoms with E-state index in [-0.39, 0.29) is 5.91 Å². The zero-order chi connectivity index (χ0) is 13.8. The fraction of sp³-hybridized carbons (Fsp3) is 0.636. The Morgan fingerprint density at radius 3 is 2.84 bits per heavy atom. The van der Waals surface area contributed by atoms with Crippen LogP contribution >= 0.6 is 11.5 Å². The lowest BCUT2D eigenvalue weighted by Gasteiger charge is -2.31. The number of likely N-dealkylation sites (tertiary alicyclic amines) is 1. The summed E-state index contributed by atoms with van der Waals surface area (Å²) in [7, 11) is 1.58. The molecule has 106 valence electrons. The molecule has 0 radical (unpaired) electrons. The van der Waals surface area contributed by atoms with Crippen LogP contribution in [0.2, 0.25) is 0 Å². The van der Waals surface area contributed by atoms with E-state index in [0.29, 0.717) is 24.2 Å². The highest BCUT2D eigenvalue weighted by atomic mass is 32.1. The van der Waals surface area contributed by atoms with Crippen molar-refractivity contribution in [2.75, 3.05) is 37.8 Å². The highest BCUT2D eigenvalue weighted by Gasteiger charge is 2.22. The smallest absolute Gasteiger partial charge is 0.231 e. The van der Waals surface area contributed by atoms with Crippen LogP contribution in [0.4, 0.5) is 10.8 Å². The molecule has 7 nitrogen and oxygen atoms in total. The molecule has 1 amide bonds. The fourth-order valence-electron chi connectivity index (χ4n) is 2.22. The second-order valence-electron chi connectivity index (χ2n) is 4.59. The van der Waals surface area contributed by atoms with Gasteiger partial charge < -0.3 is 21.5 Å². The molecule has 2 heterocycles. The van der Waals surface area contributed by atoms with Crippen LogP contribution in [0.5, 0.6) is 5.75 Å². The van der Waals surface area contributed by atoms with Gasteiger partial charge in [-0.2, -0.15) is 4.37 Å². The number of piperidine rings is 1. The Morgan fingerprint density at radius 2 is 2.26 bits per heavy atom. The number of hydrogen-bond donors (Lipinski definition) is 3. The second-order valence-corrected chi connectivity index (χ2v) is 5.36. The van der Waals surface area contributed by atoms with E-state index in [4.69, 9.17) is 16.2 Å². The van der Waals surface area contributed by atoms with Gasteiger partial charge in [0, 0.05) is 19.1 Å². The van der Waals surface area contributed by atoms with Crippen LogP contribution in [0.3, 0.4) is 0 Å². The number of nitrogen functional groups attached to an aromatic ring is 1. The number of amides is 1. The highest BCUT2D eigenvalue weighted by molar-refractivity contribution is 7.11. The summed E-state index contributed by atoms with van der Waals surface area (Å²) in [6.45, 7) is 2.05. The first-order chi connectivity index (χ1) is 9.10. The van der Waals surface area contributed by atoms with Crippen molar-refractivity contribution in [3.63, 3.8) is 0 Å². The third-order valence-corrected chi connectivity index (χ3v) is 3.95. The zero-order valence-corrected chi connectivity index (χ0v) is 11.7. The van der Waals surface area contributed by atoms with E-state index in [9.17, 15) is 4.79 Å². The third-order valence-electron chi connectivity index (χ3n) is 3.18. The van der Waals surface area contributed by atoms with Gasteiger partial charge in [-0.15, -0.1) is 0 Å². The van der Waals surface area contributed by atoms with Crippen LogP contribution in [-0.2, 0) is 4.79 Å². The number of nitrogens with zero attached hydrogens (tertiary/aromatic N) is 2. The summed E-state index contributed by atoms with van der Waals surface area (Å²) in [6, 6.07) is 0.345. The number of primary amides is 1. The van der Waals surface area contributed by atoms with Crippen LogP contribution in [0.15, 0.2) is 0 Å². The molecule has 0 aliphatic carbocycles. The molecule has 1 aliphatic heterocycles. The molecule has 1 saturated heterocycles. The van der Waals surface area contributed by atoms with Crippen molar-refractivity contribution in [2.24, 2.45) is 5.73 Å². The van der Waals surface area contributed by atoms with Gasteiger partial charge in [0.2, 0.25) is 5.91 Å². The molecule has 0 saturated carbocycles. The average molecular weight is 285 g/mol. The molecular weight excluding hydrogens is 266 g/mol. The number of nitrogens with one attached hydrogen (secondary N) is 1. The predicted octanol–water partition coefficient (Wildman–Crippen LogP) is 0.0955. The number of rotatable bonds is 5. The maximum Gasteiger partial charge on any atom is 0.231 e. The summed E-state index contributed by atoms with van der Waals surface area (Å²) < 4.78 is 9.29. The molecule has 0 spiro atoms. The Hall–Kier alpha value is -1.54. The first-order valence-electron chi connectivity index (χ1n) is 6.16. The van der Waals surface area contributed by atoms with E-state index >= 15 is 0 Å². The maximum atomic E-state index is 10.9. The van der Waals surface area contributed by atoms with Gasteiger partial charge in [-0.25, -0.2) is 0 Å². The number of carbonyl (C=O) groups excluding carboxylic acids is 1. The molecule has 8 heteroatoms. The molecule has 2 rings (SSSR count). The van der Waals surface area contributed by atoms with E-state index in [1.54, 1.807) is 7.11 Å². The van der Waals surface area contributed by atoms with Crippen molar-refractivity contribution in [1.29, 1.82) is 0 Å². The van der Waals surface area contributed by atoms with Gasteiger partial charge in [0.05, 0.1) is 13.7 Å². The lowest BCUT2D eigenvalue weighted by molar-refractivity contribution is -0.119. The number of carbonyl (C=O) groups is 1. The monoisotopic (exact) mass is 285 g/mol. The minimum absolute atomic E-state index is 0.275. The van der Waals surface area contributed by atoms with Crippen LogP contribution < -0.4 is 21.5 Å². The van der Waals surface area contributed by atoms with Gasteiger partial charge >= 0.3 is 0 Å². The minimum atomic E-state index is -0.275. The van der Waals surface area contributed by atoms with Crippen LogP contribution in [0.25, 0.3) is 0 Å². The van der Waals surface area contributed by atoms with E-state index in [1.165, 1.54) is 11.5 Å². The van der Waals surface area contributed by atoms with Crippen LogP contribution in [0, 0.1) is 0 Å². The van der Waals surface area contributed by atoms with Crippen molar-refractivity contribution in [1.82, 2.24) is 9.27 Å². The second kappa shape index (κ2) is 6.07. The third kappa shape index (κ3) is 3.48. The van der Waals surface area contributed by atoms with Gasteiger partial charge in [-0.05, 0) is 24.4 Å². The number of anilines is 2. The molecule has 0 aromatic carbocycles. The van der Waals surface area contributed by atoms with Crippen molar-refractivity contribution in [2.45, 2.75) is 18.9 Å². The van der Waals surface area contributed by atoms with Gasteiger partial charge in [0.25, 0.3) is 0 Å². The fourth-order valence-corrected chi connectivity index (χ4v) is 2.99. The number of aromatic nitrogens is 1. The topological polar surface area (TPSA) is 106 Å². The summed E-state index contributed by atoms with van der Waals surface area (Å²) in [5.41, 5.74) is 10.9. The summed E-state index contributed by atoms with van der Waals surface area (Å²) in [5.74, 6) is 0.758. The highest BCUT2D eigenvalue weighted by Crippen LogP contribution is 2.35. The number of ether oxygens (including phenoxy) is 1. The normalized spacial score (nSPS) is 17.3. The van der Waals surface area contributed by atoms with E-state index < -0.39 is 0 Å². The summed E-state index contributed by atoms with van der Waals surface area (Å²) in [4.78, 5) is 12.9. The lowest BCUT2D eigenvalue weighted by Crippen LogP contribution is -2.42. The molecule has 1 fully saturated rings. The summed E-state index contributed by atoms with van der Waals surface area (Å²) in [6.07, 6.45) is 1.91. The van der Waals surface area contributed by atoms with Crippen molar-refractivity contribution in [3.8, 4) is 5.75 Å². The predicted molar refractivity (Wildman–Crippen MR) is 75.4 cm³/mol. The molecule has 0 bridgehead atoms. The first kappa shape index (κ1) is 13.9. The Bertz CT molecular complexity index is 442. The molecule has 0 unspecified atom stereocenters. The van der Waals surface area contributed by atoms with Gasteiger partial charge in [0.1, 0.15) is 0 Å². The standard InChI is InChI=1S/C11H19N5O2S/c1-18-9-10(13)15-19-11(9)14-7-2-4-16(5-3-7)6-8(12)17/h7,14H,2-6H2,1H3,(H2,12,17)(H2,13,15). The van der Waals surface area contributed by atoms with Crippen LogP contribution in [-0.4, -0.2) is 48.0 Å². The largest absolute Gasteiger partial charge is 0.490 e. The Kier molecular flexibility index (Phi) is 4.43. The van der Waals surface area contributed by atoms with E-state index in [0.717, 1.165) is 30.9 Å². The van der Waals surface area contributed by atoms with Crippen LogP contribution in [0.1, 0.15) is 12.8 Å². The molecular formula is C11H19N5O2S. The summed E-state index contributed by atoms with van der Waals surface area (Å²) >= 11 is 1.31. The van der Waals surface area contributed by atoms with E-state index in [2.05, 4.69) is 14.6 Å². The molecule has 1 aromatic heterocycles. The van der Waals surface area contributed by atoms with Gasteiger partial charge in [-0.1, -0.05) is 0 Å². The van der Waals surface area contributed by atoms with Crippen molar-refractivity contribution < 1.29 is 9.53 Å². The molecule has 5 N–H and O–H groups in total. The Balaban J connectivity index is 1.87. The number of methoxy groups -OCH3 is 1. The number of nitrogens with two attached hydrogens (primary N) is 2. The molecule has 1 aromatic rings. The maximum absolute atomic E-state index is 10.9. The molecule has 19 heavy (non-hydrogen) atoms. The quantitative estimate of drug-likeness (QED) is 0.708. The van der Waals surface area contributed by atoms with E-state index in [1.807, 2.05) is 0 Å². The first-order valence-corrected chi connectivity index (χ1v) is 6.93. The molecule has 1 aliphatic rings. The van der Waals surface area contributed by atoms with Crippen molar-refractivity contribution >= 4 is 28.3 Å². The zero-order valence-electron chi connectivity index (χ0n) is 10.9. The number of hydrogen-bond acceptors (Lipinski definition) is 7. The Labute approximate surface area is 116 Å². The lowest BCUT2D eigenvalue weighted by atomic mass is 10.1. The average Bonchev–Trinajstić information content (AvgIpc) is 2.71. The van der Waals surface area contributed by atoms with Gasteiger partial charge in [0.15, 0.2) is 16.6 Å². The summed E-state index contributed by atoms with van der Waals surface area (Å²) in [5, 5.41) is 4.27. The molecule has 0 atom stereocenters. The van der Waals surface area contributed by atoms with Gasteiger partial charge in [-0.3, -0.25) is 9.69 Å². The SMILES string of the molecule is COc1c(N)nsc1NC1CCN(CC(N)=O)CC1. The van der Waals surface area contributed by atoms with Crippen molar-refractivity contribution in [3.05, 3.63) is 0 Å². The minimum Gasteiger partial charge on any atom is -0.490 e.